The van der Waals surface area contributed by atoms with Gasteiger partial charge in [-0.05, 0) is 37.1 Å². The van der Waals surface area contributed by atoms with Crippen molar-refractivity contribution < 1.29 is 4.57 Å². The van der Waals surface area contributed by atoms with Gasteiger partial charge in [-0.3, -0.25) is 0 Å². The molecule has 2 nitrogen and oxygen atoms in total. The van der Waals surface area contributed by atoms with Crippen molar-refractivity contribution in [1.29, 1.82) is 0 Å². The second kappa shape index (κ2) is 3.94. The quantitative estimate of drug-likeness (QED) is 0.745. The van der Waals surface area contributed by atoms with Gasteiger partial charge >= 0.3 is 0 Å². The first-order chi connectivity index (χ1) is 7.37. The van der Waals surface area contributed by atoms with Crippen molar-refractivity contribution in [3.63, 3.8) is 0 Å². The predicted molar refractivity (Wildman–Crippen MR) is 71.1 cm³/mol. The number of hydrogen-bond donors (Lipinski definition) is 0. The molecule has 1 aromatic carbocycles. The number of nitrogens with zero attached hydrogens (tertiary/aromatic N) is 1. The molecule has 0 bridgehead atoms. The Morgan fingerprint density at radius 3 is 2.69 bits per heavy atom. The molecule has 0 aliphatic carbocycles. The van der Waals surface area contributed by atoms with Gasteiger partial charge < -0.3 is 9.13 Å². The van der Waals surface area contributed by atoms with E-state index in [0.29, 0.717) is 6.16 Å². The summed E-state index contributed by atoms with van der Waals surface area (Å²) < 4.78 is 13.9. The van der Waals surface area contributed by atoms with Crippen LogP contribution in [-0.4, -0.2) is 17.9 Å². The molecule has 0 amide bonds. The molecule has 0 radical (unpaired) electrons. The number of halogens is 1. The number of aryl methyl sites for hydroxylation is 1. The third-order valence-corrected chi connectivity index (χ3v) is 3.92. The van der Waals surface area contributed by atoms with Crippen LogP contribution in [0.4, 0.5) is 0 Å². The summed E-state index contributed by atoms with van der Waals surface area (Å²) >= 11 is 5.99. The summed E-state index contributed by atoms with van der Waals surface area (Å²) in [4.78, 5) is 0. The minimum absolute atomic E-state index is 0.630. The first-order valence-electron chi connectivity index (χ1n) is 5.14. The molecule has 16 heavy (non-hydrogen) atoms. The fourth-order valence-corrected chi connectivity index (χ4v) is 3.23. The van der Waals surface area contributed by atoms with E-state index in [0.717, 1.165) is 21.5 Å². The Morgan fingerprint density at radius 1 is 1.38 bits per heavy atom. The van der Waals surface area contributed by atoms with Crippen LogP contribution in [0.25, 0.3) is 10.9 Å². The zero-order chi connectivity index (χ0) is 11.9. The molecule has 0 aliphatic heterocycles. The maximum Gasteiger partial charge on any atom is 0.0861 e. The highest BCUT2D eigenvalue weighted by molar-refractivity contribution is 7.61. The van der Waals surface area contributed by atoms with Crippen LogP contribution in [0, 0.1) is 0 Å². The van der Waals surface area contributed by atoms with Gasteiger partial charge in [0.15, 0.2) is 0 Å². The second-order valence-corrected chi connectivity index (χ2v) is 8.56. The first kappa shape index (κ1) is 11.8. The van der Waals surface area contributed by atoms with Crippen molar-refractivity contribution in [2.45, 2.75) is 6.16 Å². The molecule has 0 fully saturated rings. The van der Waals surface area contributed by atoms with Crippen LogP contribution < -0.4 is 0 Å². The molecule has 0 spiro atoms. The van der Waals surface area contributed by atoms with Crippen LogP contribution in [0.5, 0.6) is 0 Å². The summed E-state index contributed by atoms with van der Waals surface area (Å²) in [6.07, 6.45) is 2.67. The Hall–Kier alpha value is -0.720. The molecule has 1 aromatic heterocycles. The minimum atomic E-state index is -2.05. The lowest BCUT2D eigenvalue weighted by Crippen LogP contribution is -1.84. The highest BCUT2D eigenvalue weighted by Gasteiger charge is 2.13. The third kappa shape index (κ3) is 2.34. The van der Waals surface area contributed by atoms with Crippen LogP contribution in [-0.2, 0) is 17.8 Å². The largest absolute Gasteiger partial charge is 0.350 e. The summed E-state index contributed by atoms with van der Waals surface area (Å²) in [5, 5.41) is 1.83. The molecular weight excluding hydrogens is 241 g/mol. The molecule has 2 aromatic rings. The van der Waals surface area contributed by atoms with E-state index in [1.807, 2.05) is 44.8 Å². The fraction of sp³-hybridized carbons (Fsp3) is 0.333. The van der Waals surface area contributed by atoms with Crippen LogP contribution >= 0.6 is 18.7 Å². The van der Waals surface area contributed by atoms with Gasteiger partial charge in [0.2, 0.25) is 0 Å². The third-order valence-electron chi connectivity index (χ3n) is 2.59. The van der Waals surface area contributed by atoms with E-state index in [9.17, 15) is 4.57 Å². The molecule has 86 valence electrons. The molecular formula is C12H15ClNOP. The SMILES string of the molecule is Cn1cc(CP(C)(C)=O)c2cc(Cl)ccc21. The van der Waals surface area contributed by atoms with E-state index in [-0.39, 0.29) is 0 Å². The molecule has 0 saturated carbocycles. The van der Waals surface area contributed by atoms with Crippen molar-refractivity contribution in [2.24, 2.45) is 7.05 Å². The number of hydrogen-bond acceptors (Lipinski definition) is 1. The summed E-state index contributed by atoms with van der Waals surface area (Å²) in [6.45, 7) is 3.63. The fourth-order valence-electron chi connectivity index (χ4n) is 1.98. The van der Waals surface area contributed by atoms with Gasteiger partial charge in [-0.25, -0.2) is 0 Å². The van der Waals surface area contributed by atoms with Gasteiger partial charge in [0.1, 0.15) is 0 Å². The van der Waals surface area contributed by atoms with E-state index in [4.69, 9.17) is 11.6 Å². The Labute approximate surface area is 101 Å². The molecule has 1 heterocycles. The average Bonchev–Trinajstić information content (AvgIpc) is 2.40. The highest BCUT2D eigenvalue weighted by Crippen LogP contribution is 2.42. The Kier molecular flexibility index (Phi) is 2.90. The monoisotopic (exact) mass is 255 g/mol. The van der Waals surface area contributed by atoms with E-state index >= 15 is 0 Å². The Balaban J connectivity index is 2.62. The van der Waals surface area contributed by atoms with Crippen LogP contribution in [0.15, 0.2) is 24.4 Å². The van der Waals surface area contributed by atoms with Crippen molar-refractivity contribution in [3.8, 4) is 0 Å². The molecule has 0 atom stereocenters. The van der Waals surface area contributed by atoms with Crippen LogP contribution in [0.1, 0.15) is 5.56 Å². The Bertz CT molecular complexity index is 582. The summed E-state index contributed by atoms with van der Waals surface area (Å²) in [6, 6.07) is 5.82. The zero-order valence-electron chi connectivity index (χ0n) is 9.70. The zero-order valence-corrected chi connectivity index (χ0v) is 11.3. The smallest absolute Gasteiger partial charge is 0.0861 e. The second-order valence-electron chi connectivity index (χ2n) is 4.66. The van der Waals surface area contributed by atoms with E-state index in [2.05, 4.69) is 4.57 Å². The highest BCUT2D eigenvalue weighted by atomic mass is 35.5. The summed E-state index contributed by atoms with van der Waals surface area (Å²) in [5.41, 5.74) is 2.25. The van der Waals surface area contributed by atoms with Crippen molar-refractivity contribution in [2.75, 3.05) is 13.3 Å². The normalized spacial score (nSPS) is 12.2. The van der Waals surface area contributed by atoms with Crippen LogP contribution in [0.3, 0.4) is 0 Å². The molecule has 0 aliphatic rings. The first-order valence-corrected chi connectivity index (χ1v) is 8.31. The van der Waals surface area contributed by atoms with Gasteiger partial charge in [0, 0.05) is 35.3 Å². The maximum absolute atomic E-state index is 11.9. The maximum atomic E-state index is 11.9. The van der Waals surface area contributed by atoms with E-state index in [1.165, 1.54) is 0 Å². The van der Waals surface area contributed by atoms with Gasteiger partial charge in [-0.2, -0.15) is 0 Å². The minimum Gasteiger partial charge on any atom is -0.350 e. The molecule has 4 heteroatoms. The van der Waals surface area contributed by atoms with Gasteiger partial charge in [0.25, 0.3) is 0 Å². The van der Waals surface area contributed by atoms with Gasteiger partial charge in [-0.15, -0.1) is 0 Å². The Morgan fingerprint density at radius 2 is 2.06 bits per heavy atom. The summed E-state index contributed by atoms with van der Waals surface area (Å²) in [7, 11) is -0.0541. The van der Waals surface area contributed by atoms with E-state index in [1.54, 1.807) is 0 Å². The topological polar surface area (TPSA) is 22.0 Å². The summed E-state index contributed by atoms with van der Waals surface area (Å²) in [5.74, 6) is 0. The van der Waals surface area contributed by atoms with Crippen molar-refractivity contribution in [1.82, 2.24) is 4.57 Å². The molecule has 0 saturated heterocycles. The van der Waals surface area contributed by atoms with Crippen molar-refractivity contribution in [3.05, 3.63) is 35.0 Å². The van der Waals surface area contributed by atoms with Gasteiger partial charge in [-0.1, -0.05) is 11.6 Å². The number of benzene rings is 1. The molecule has 0 unspecified atom stereocenters. The number of rotatable bonds is 2. The lowest BCUT2D eigenvalue weighted by molar-refractivity contribution is 0.582. The standard InChI is InChI=1S/C12H15ClNOP/c1-14-7-9(8-16(2,3)15)11-6-10(13)4-5-12(11)14/h4-7H,8H2,1-3H3. The van der Waals surface area contributed by atoms with Gasteiger partial charge in [0.05, 0.1) is 7.14 Å². The van der Waals surface area contributed by atoms with Crippen molar-refractivity contribution >= 4 is 29.6 Å². The number of fused-ring (bicyclic) bond motifs is 1. The molecule has 0 N–H and O–H groups in total. The predicted octanol–water partition coefficient (Wildman–Crippen LogP) is 3.95. The molecule has 2 rings (SSSR count). The van der Waals surface area contributed by atoms with E-state index < -0.39 is 7.14 Å². The number of aromatic nitrogens is 1. The average molecular weight is 256 g/mol. The van der Waals surface area contributed by atoms with Crippen LogP contribution in [0.2, 0.25) is 5.02 Å². The lowest BCUT2D eigenvalue weighted by atomic mass is 10.2. The lowest BCUT2D eigenvalue weighted by Gasteiger charge is -2.04.